The zero-order valence-electron chi connectivity index (χ0n) is 5.27. The number of thiocarbonyl (C=S) groups is 1. The summed E-state index contributed by atoms with van der Waals surface area (Å²) >= 11 is 4.86. The lowest BCUT2D eigenvalue weighted by molar-refractivity contribution is 1.16. The zero-order valence-corrected chi connectivity index (χ0v) is 6.09. The third-order valence-electron chi connectivity index (χ3n) is 0.818. The van der Waals surface area contributed by atoms with Crippen molar-refractivity contribution < 1.29 is 0 Å². The van der Waals surface area contributed by atoms with Crippen molar-refractivity contribution in [2.75, 3.05) is 7.05 Å². The lowest BCUT2D eigenvalue weighted by Crippen LogP contribution is -2.13. The number of hydrogen-bond donors (Lipinski definition) is 1. The predicted molar refractivity (Wildman–Crippen MR) is 41.1 cm³/mol. The van der Waals surface area contributed by atoms with Gasteiger partial charge < -0.3 is 5.32 Å². The molecule has 0 spiro atoms. The fraction of sp³-hybridized carbons (Fsp3) is 0.500. The first-order valence-corrected chi connectivity index (χ1v) is 3.03. The Labute approximate surface area is 55.8 Å². The molecule has 0 radical (unpaired) electrons. The molecule has 0 saturated carbocycles. The SMILES string of the molecule is C/C=C/CC(=S)NC. The molecule has 0 unspecified atom stereocenters. The molecule has 8 heavy (non-hydrogen) atoms. The Morgan fingerprint density at radius 3 is 2.75 bits per heavy atom. The highest BCUT2D eigenvalue weighted by Gasteiger charge is 1.82. The molecule has 0 fully saturated rings. The minimum atomic E-state index is 0.863. The van der Waals surface area contributed by atoms with Crippen LogP contribution in [0.3, 0.4) is 0 Å². The van der Waals surface area contributed by atoms with Crippen LogP contribution >= 0.6 is 12.2 Å². The van der Waals surface area contributed by atoms with Crippen molar-refractivity contribution in [1.29, 1.82) is 0 Å². The maximum absolute atomic E-state index is 4.86. The highest BCUT2D eigenvalue weighted by molar-refractivity contribution is 7.80. The maximum atomic E-state index is 4.86. The Bertz CT molecular complexity index is 96.7. The van der Waals surface area contributed by atoms with Gasteiger partial charge in [0.25, 0.3) is 0 Å². The molecular formula is C6H11NS. The molecule has 0 aliphatic rings. The second-order valence-corrected chi connectivity index (χ2v) is 1.94. The van der Waals surface area contributed by atoms with Crippen molar-refractivity contribution in [1.82, 2.24) is 5.32 Å². The summed E-state index contributed by atoms with van der Waals surface area (Å²) in [6, 6.07) is 0. The van der Waals surface area contributed by atoms with Crippen LogP contribution in [-0.2, 0) is 0 Å². The summed E-state index contributed by atoms with van der Waals surface area (Å²) in [6.07, 6.45) is 4.88. The molecule has 0 bridgehead atoms. The van der Waals surface area contributed by atoms with Crippen LogP contribution in [0.15, 0.2) is 12.2 Å². The Balaban J connectivity index is 3.25. The molecule has 0 atom stereocenters. The van der Waals surface area contributed by atoms with Crippen LogP contribution in [-0.4, -0.2) is 12.0 Å². The first kappa shape index (κ1) is 7.63. The topological polar surface area (TPSA) is 12.0 Å². The molecule has 0 aliphatic heterocycles. The average molecular weight is 129 g/mol. The fourth-order valence-corrected chi connectivity index (χ4v) is 0.423. The summed E-state index contributed by atoms with van der Waals surface area (Å²) < 4.78 is 0. The molecule has 1 N–H and O–H groups in total. The summed E-state index contributed by atoms with van der Waals surface area (Å²) in [5.41, 5.74) is 0. The van der Waals surface area contributed by atoms with Gasteiger partial charge in [0.2, 0.25) is 0 Å². The third kappa shape index (κ3) is 3.81. The molecule has 2 heteroatoms. The van der Waals surface area contributed by atoms with E-state index in [9.17, 15) is 0 Å². The van der Waals surface area contributed by atoms with Crippen molar-refractivity contribution in [3.05, 3.63) is 12.2 Å². The number of hydrogen-bond acceptors (Lipinski definition) is 1. The van der Waals surface area contributed by atoms with E-state index in [1.165, 1.54) is 0 Å². The van der Waals surface area contributed by atoms with Crippen LogP contribution in [0.1, 0.15) is 13.3 Å². The van der Waals surface area contributed by atoms with Gasteiger partial charge in [0.1, 0.15) is 0 Å². The van der Waals surface area contributed by atoms with Crippen molar-refractivity contribution in [3.63, 3.8) is 0 Å². The first-order chi connectivity index (χ1) is 3.81. The van der Waals surface area contributed by atoms with Gasteiger partial charge in [-0.05, 0) is 6.92 Å². The van der Waals surface area contributed by atoms with Gasteiger partial charge in [-0.15, -0.1) is 0 Å². The number of rotatable bonds is 2. The third-order valence-corrected chi connectivity index (χ3v) is 1.19. The molecule has 0 rings (SSSR count). The minimum Gasteiger partial charge on any atom is -0.382 e. The fourth-order valence-electron chi connectivity index (χ4n) is 0.327. The Hall–Kier alpha value is -0.370. The van der Waals surface area contributed by atoms with Crippen molar-refractivity contribution in [2.24, 2.45) is 0 Å². The second-order valence-electron chi connectivity index (χ2n) is 1.45. The van der Waals surface area contributed by atoms with Gasteiger partial charge >= 0.3 is 0 Å². The number of allylic oxidation sites excluding steroid dienone is 1. The van der Waals surface area contributed by atoms with Gasteiger partial charge in [-0.25, -0.2) is 0 Å². The molecule has 0 aromatic heterocycles. The number of nitrogens with one attached hydrogen (secondary N) is 1. The van der Waals surface area contributed by atoms with Gasteiger partial charge in [-0.1, -0.05) is 24.4 Å². The molecule has 46 valence electrons. The summed E-state index contributed by atoms with van der Waals surface area (Å²) in [5, 5.41) is 2.88. The Morgan fingerprint density at radius 2 is 2.38 bits per heavy atom. The van der Waals surface area contributed by atoms with Gasteiger partial charge in [-0.3, -0.25) is 0 Å². The quantitative estimate of drug-likeness (QED) is 0.448. The van der Waals surface area contributed by atoms with Crippen LogP contribution in [0, 0.1) is 0 Å². The first-order valence-electron chi connectivity index (χ1n) is 2.63. The minimum absolute atomic E-state index is 0.863. The summed E-state index contributed by atoms with van der Waals surface area (Å²) in [5.74, 6) is 0. The normalized spacial score (nSPS) is 9.75. The molecule has 0 aromatic rings. The van der Waals surface area contributed by atoms with E-state index in [0.717, 1.165) is 11.4 Å². The van der Waals surface area contributed by atoms with E-state index in [0.29, 0.717) is 0 Å². The maximum Gasteiger partial charge on any atom is 0.0788 e. The van der Waals surface area contributed by atoms with Crippen LogP contribution in [0.4, 0.5) is 0 Å². The standard InChI is InChI=1S/C6H11NS/c1-3-4-5-6(8)7-2/h3-4H,5H2,1-2H3,(H,7,8)/b4-3+. The highest BCUT2D eigenvalue weighted by atomic mass is 32.1. The van der Waals surface area contributed by atoms with Crippen LogP contribution in [0.5, 0.6) is 0 Å². The second kappa shape index (κ2) is 4.78. The predicted octanol–water partition coefficient (Wildman–Crippen LogP) is 1.50. The summed E-state index contributed by atoms with van der Waals surface area (Å²) in [6.45, 7) is 1.98. The summed E-state index contributed by atoms with van der Waals surface area (Å²) in [4.78, 5) is 0.892. The Morgan fingerprint density at radius 1 is 1.75 bits per heavy atom. The van der Waals surface area contributed by atoms with E-state index in [2.05, 4.69) is 5.32 Å². The van der Waals surface area contributed by atoms with Crippen LogP contribution < -0.4 is 5.32 Å². The van der Waals surface area contributed by atoms with Gasteiger partial charge in [-0.2, -0.15) is 0 Å². The molecule has 1 nitrogen and oxygen atoms in total. The van der Waals surface area contributed by atoms with Crippen LogP contribution in [0.2, 0.25) is 0 Å². The molecule has 0 saturated heterocycles. The average Bonchev–Trinajstić information content (AvgIpc) is 1.83. The van der Waals surface area contributed by atoms with E-state index >= 15 is 0 Å². The van der Waals surface area contributed by atoms with E-state index in [-0.39, 0.29) is 0 Å². The highest BCUT2D eigenvalue weighted by Crippen LogP contribution is 1.83. The van der Waals surface area contributed by atoms with Gasteiger partial charge in [0.05, 0.1) is 4.99 Å². The zero-order chi connectivity index (χ0) is 6.41. The monoisotopic (exact) mass is 129 g/mol. The van der Waals surface area contributed by atoms with Crippen molar-refractivity contribution in [2.45, 2.75) is 13.3 Å². The molecule has 0 aliphatic carbocycles. The van der Waals surface area contributed by atoms with E-state index in [1.54, 1.807) is 0 Å². The molecule has 0 amide bonds. The molecular weight excluding hydrogens is 118 g/mol. The van der Waals surface area contributed by atoms with E-state index in [4.69, 9.17) is 12.2 Å². The van der Waals surface area contributed by atoms with Crippen molar-refractivity contribution in [3.8, 4) is 0 Å². The van der Waals surface area contributed by atoms with Gasteiger partial charge in [0, 0.05) is 13.5 Å². The largest absolute Gasteiger partial charge is 0.382 e. The molecule has 0 aromatic carbocycles. The lowest BCUT2D eigenvalue weighted by Gasteiger charge is -1.94. The van der Waals surface area contributed by atoms with Crippen molar-refractivity contribution >= 4 is 17.2 Å². The van der Waals surface area contributed by atoms with Crippen LogP contribution in [0.25, 0.3) is 0 Å². The molecule has 0 heterocycles. The van der Waals surface area contributed by atoms with E-state index in [1.807, 2.05) is 26.1 Å². The Kier molecular flexibility index (Phi) is 4.56. The van der Waals surface area contributed by atoms with E-state index < -0.39 is 0 Å². The summed E-state index contributed by atoms with van der Waals surface area (Å²) in [7, 11) is 1.84. The van der Waals surface area contributed by atoms with Gasteiger partial charge in [0.15, 0.2) is 0 Å². The lowest BCUT2D eigenvalue weighted by atomic mass is 10.4. The smallest absolute Gasteiger partial charge is 0.0788 e.